The molecule has 10 heteroatoms. The van der Waals surface area contributed by atoms with E-state index < -0.39 is 23.8 Å². The van der Waals surface area contributed by atoms with Gasteiger partial charge in [-0.1, -0.05) is 12.1 Å². The van der Waals surface area contributed by atoms with Crippen LogP contribution in [0.2, 0.25) is 0 Å². The van der Waals surface area contributed by atoms with Gasteiger partial charge in [-0.2, -0.15) is 10.1 Å². The van der Waals surface area contributed by atoms with Crippen LogP contribution in [0.15, 0.2) is 54.9 Å². The molecule has 154 valence electrons. The third kappa shape index (κ3) is 2.96. The average molecular weight is 415 g/mol. The van der Waals surface area contributed by atoms with Gasteiger partial charge in [0, 0.05) is 25.0 Å². The molecule has 3 amide bonds. The predicted molar refractivity (Wildman–Crippen MR) is 110 cm³/mol. The van der Waals surface area contributed by atoms with Crippen molar-refractivity contribution in [2.45, 2.75) is 13.0 Å². The summed E-state index contributed by atoms with van der Waals surface area (Å²) in [5.74, 6) is -1.47. The third-order valence-electron chi connectivity index (χ3n) is 5.27. The Bertz CT molecular complexity index is 1340. The Morgan fingerprint density at radius 3 is 2.39 bits per heavy atom. The number of aromatic nitrogens is 5. The summed E-state index contributed by atoms with van der Waals surface area (Å²) in [4.78, 5) is 43.2. The van der Waals surface area contributed by atoms with E-state index in [2.05, 4.69) is 20.5 Å². The van der Waals surface area contributed by atoms with Gasteiger partial charge in [-0.15, -0.1) is 5.10 Å². The molecule has 1 aromatic carbocycles. The molecule has 5 rings (SSSR count). The van der Waals surface area contributed by atoms with E-state index in [0.29, 0.717) is 16.8 Å². The molecule has 0 unspecified atom stereocenters. The Morgan fingerprint density at radius 2 is 1.74 bits per heavy atom. The van der Waals surface area contributed by atoms with Crippen molar-refractivity contribution in [1.29, 1.82) is 0 Å². The lowest BCUT2D eigenvalue weighted by molar-refractivity contribution is -0.119. The Kier molecular flexibility index (Phi) is 4.14. The van der Waals surface area contributed by atoms with Crippen molar-refractivity contribution in [3.63, 3.8) is 0 Å². The summed E-state index contributed by atoms with van der Waals surface area (Å²) >= 11 is 0. The molecule has 0 radical (unpaired) electrons. The fraction of sp³-hybridized carbons (Fsp3) is 0.143. The number of nitrogens with one attached hydrogen (secondary N) is 1. The van der Waals surface area contributed by atoms with Crippen LogP contribution in [0.4, 0.5) is 5.95 Å². The van der Waals surface area contributed by atoms with Crippen LogP contribution < -0.4 is 5.32 Å². The molecule has 0 spiro atoms. The maximum Gasteiger partial charge on any atom is 0.262 e. The molecule has 0 aliphatic carbocycles. The number of pyridine rings is 1. The number of hydrogen-bond donors (Lipinski definition) is 1. The standard InChI is InChI=1S/C21H17N7O3/c1-12(28-19(30)14-5-3-4-6-15(14)20(28)31)18(29)24-21-23-17-8-7-13(11-27(17)25-21)16-9-10-22-26(16)2/h3-12H,1-2H3,(H,24,25,29)/t12-/m1/s1. The molecule has 0 fully saturated rings. The molecule has 4 aromatic rings. The van der Waals surface area contributed by atoms with Gasteiger partial charge in [-0.25, -0.2) is 4.52 Å². The fourth-order valence-corrected chi connectivity index (χ4v) is 3.64. The van der Waals surface area contributed by atoms with Gasteiger partial charge in [-0.3, -0.25) is 29.3 Å². The number of hydrogen-bond acceptors (Lipinski definition) is 6. The van der Waals surface area contributed by atoms with Crippen molar-refractivity contribution in [2.75, 3.05) is 5.32 Å². The molecular formula is C21H17N7O3. The van der Waals surface area contributed by atoms with Crippen LogP contribution in [0.5, 0.6) is 0 Å². The van der Waals surface area contributed by atoms with Gasteiger partial charge >= 0.3 is 0 Å². The van der Waals surface area contributed by atoms with E-state index in [1.165, 1.54) is 6.92 Å². The highest BCUT2D eigenvalue weighted by Crippen LogP contribution is 2.25. The monoisotopic (exact) mass is 415 g/mol. The van der Waals surface area contributed by atoms with Gasteiger partial charge in [0.25, 0.3) is 11.8 Å². The first kappa shape index (κ1) is 18.7. The smallest absolute Gasteiger partial charge is 0.262 e. The zero-order valence-corrected chi connectivity index (χ0v) is 16.7. The van der Waals surface area contributed by atoms with E-state index in [1.54, 1.807) is 51.9 Å². The van der Waals surface area contributed by atoms with Crippen LogP contribution in [-0.2, 0) is 11.8 Å². The minimum Gasteiger partial charge on any atom is -0.291 e. The van der Waals surface area contributed by atoms with Crippen molar-refractivity contribution < 1.29 is 14.4 Å². The van der Waals surface area contributed by atoms with Crippen LogP contribution >= 0.6 is 0 Å². The second kappa shape index (κ2) is 6.87. The summed E-state index contributed by atoms with van der Waals surface area (Å²) in [5.41, 5.74) is 2.91. The second-order valence-corrected chi connectivity index (χ2v) is 7.19. The first-order chi connectivity index (χ1) is 14.9. The summed E-state index contributed by atoms with van der Waals surface area (Å²) in [6.45, 7) is 1.49. The molecule has 3 aromatic heterocycles. The van der Waals surface area contributed by atoms with Crippen LogP contribution in [0.1, 0.15) is 27.6 Å². The van der Waals surface area contributed by atoms with Gasteiger partial charge in [-0.05, 0) is 37.3 Å². The van der Waals surface area contributed by atoms with Gasteiger partial charge in [0.05, 0.1) is 16.8 Å². The number of benzene rings is 1. The quantitative estimate of drug-likeness (QED) is 0.508. The molecule has 1 aliphatic heterocycles. The van der Waals surface area contributed by atoms with Crippen LogP contribution in [-0.4, -0.2) is 53.0 Å². The predicted octanol–water partition coefficient (Wildman–Crippen LogP) is 1.75. The second-order valence-electron chi connectivity index (χ2n) is 7.19. The zero-order valence-electron chi connectivity index (χ0n) is 16.7. The van der Waals surface area contributed by atoms with Gasteiger partial charge in [0.1, 0.15) is 6.04 Å². The molecule has 0 bridgehead atoms. The van der Waals surface area contributed by atoms with E-state index in [4.69, 9.17) is 0 Å². The molecule has 1 atom stereocenters. The Hall–Kier alpha value is -4.34. The highest BCUT2D eigenvalue weighted by atomic mass is 16.2. The molecule has 1 N–H and O–H groups in total. The number of amides is 3. The van der Waals surface area contributed by atoms with Crippen molar-refractivity contribution in [3.8, 4) is 11.3 Å². The zero-order chi connectivity index (χ0) is 21.7. The summed E-state index contributed by atoms with van der Waals surface area (Å²) in [7, 11) is 1.84. The van der Waals surface area contributed by atoms with Gasteiger partial charge < -0.3 is 0 Å². The minimum atomic E-state index is -1.02. The Morgan fingerprint density at radius 1 is 1.03 bits per heavy atom. The Labute approximate surface area is 176 Å². The number of anilines is 1. The Balaban J connectivity index is 1.37. The normalized spacial score (nSPS) is 14.2. The highest BCUT2D eigenvalue weighted by molar-refractivity contribution is 6.23. The maximum absolute atomic E-state index is 12.8. The van der Waals surface area contributed by atoms with E-state index >= 15 is 0 Å². The van der Waals surface area contributed by atoms with Crippen LogP contribution in [0.25, 0.3) is 16.9 Å². The first-order valence-corrected chi connectivity index (χ1v) is 9.56. The summed E-state index contributed by atoms with van der Waals surface area (Å²) in [5, 5.41) is 11.0. The number of rotatable bonds is 4. The molecule has 0 saturated heterocycles. The molecule has 4 heterocycles. The van der Waals surface area contributed by atoms with E-state index in [0.717, 1.165) is 16.2 Å². The lowest BCUT2D eigenvalue weighted by atomic mass is 10.1. The topological polar surface area (TPSA) is 114 Å². The number of carbonyl (C=O) groups excluding carboxylic acids is 3. The molecule has 31 heavy (non-hydrogen) atoms. The number of imide groups is 1. The molecule has 10 nitrogen and oxygen atoms in total. The maximum atomic E-state index is 12.8. The van der Waals surface area contributed by atoms with E-state index in [-0.39, 0.29) is 5.95 Å². The molecule has 1 aliphatic rings. The largest absolute Gasteiger partial charge is 0.291 e. The fourth-order valence-electron chi connectivity index (χ4n) is 3.64. The van der Waals surface area contributed by atoms with Gasteiger partial charge in [0.15, 0.2) is 5.65 Å². The minimum absolute atomic E-state index is 0.0793. The summed E-state index contributed by atoms with van der Waals surface area (Å²) < 4.78 is 3.29. The molecular weight excluding hydrogens is 398 g/mol. The number of carbonyl (C=O) groups is 3. The summed E-state index contributed by atoms with van der Waals surface area (Å²) in [6.07, 6.45) is 3.48. The third-order valence-corrected chi connectivity index (χ3v) is 5.27. The lowest BCUT2D eigenvalue weighted by Gasteiger charge is -2.20. The first-order valence-electron chi connectivity index (χ1n) is 9.56. The van der Waals surface area contributed by atoms with Gasteiger partial charge in [0.2, 0.25) is 11.9 Å². The lowest BCUT2D eigenvalue weighted by Crippen LogP contribution is -2.45. The van der Waals surface area contributed by atoms with Crippen molar-refractivity contribution >= 4 is 29.3 Å². The van der Waals surface area contributed by atoms with E-state index in [1.807, 2.05) is 19.2 Å². The highest BCUT2D eigenvalue weighted by Gasteiger charge is 2.40. The number of aryl methyl sites for hydroxylation is 1. The van der Waals surface area contributed by atoms with E-state index in [9.17, 15) is 14.4 Å². The van der Waals surface area contributed by atoms with Crippen molar-refractivity contribution in [1.82, 2.24) is 29.3 Å². The summed E-state index contributed by atoms with van der Waals surface area (Å²) in [6, 6.07) is 11.0. The van der Waals surface area contributed by atoms with Crippen LogP contribution in [0, 0.1) is 0 Å². The van der Waals surface area contributed by atoms with Crippen molar-refractivity contribution in [3.05, 3.63) is 66.0 Å². The average Bonchev–Trinajstić information content (AvgIpc) is 3.43. The SMILES string of the molecule is C[C@H](C(=O)Nc1nc2ccc(-c3ccnn3C)cn2n1)N1C(=O)c2ccccc2C1=O. The number of nitrogens with zero attached hydrogens (tertiary/aromatic N) is 6. The molecule has 0 saturated carbocycles. The number of fused-ring (bicyclic) bond motifs is 2. The van der Waals surface area contributed by atoms with Crippen molar-refractivity contribution in [2.24, 2.45) is 7.05 Å². The van der Waals surface area contributed by atoms with Crippen LogP contribution in [0.3, 0.4) is 0 Å².